The van der Waals surface area contributed by atoms with Crippen molar-refractivity contribution in [3.8, 4) is 0 Å². The Kier molecular flexibility index (Phi) is 4.69. The lowest BCUT2D eigenvalue weighted by molar-refractivity contribution is -0.139. The minimum absolute atomic E-state index is 0.299. The number of aryl methyl sites for hydroxylation is 2. The fraction of sp³-hybridized carbons (Fsp3) is 0.500. The van der Waals surface area contributed by atoms with Crippen LogP contribution >= 0.6 is 11.3 Å². The first kappa shape index (κ1) is 13.7. The second-order valence-electron chi connectivity index (χ2n) is 3.84. The molecule has 0 aromatic carbocycles. The van der Waals surface area contributed by atoms with Crippen molar-refractivity contribution >= 4 is 23.2 Å². The highest BCUT2D eigenvalue weighted by Crippen LogP contribution is 2.22. The van der Waals surface area contributed by atoms with Crippen LogP contribution < -0.4 is 5.32 Å². The van der Waals surface area contributed by atoms with Gasteiger partial charge in [-0.2, -0.15) is 0 Å². The Balaban J connectivity index is 2.78. The van der Waals surface area contributed by atoms with Gasteiger partial charge in [0.15, 0.2) is 0 Å². The Hall–Kier alpha value is -1.36. The Morgan fingerprint density at radius 1 is 1.47 bits per heavy atom. The highest BCUT2D eigenvalue weighted by Gasteiger charge is 2.20. The summed E-state index contributed by atoms with van der Waals surface area (Å²) in [4.78, 5) is 24.4. The third-order valence-electron chi connectivity index (χ3n) is 2.58. The molecule has 0 aliphatic carbocycles. The Bertz CT molecular complexity index is 425. The fourth-order valence-corrected chi connectivity index (χ4v) is 2.57. The second kappa shape index (κ2) is 5.82. The van der Waals surface area contributed by atoms with Gasteiger partial charge in [0.05, 0.1) is 4.88 Å². The number of aliphatic carboxylic acids is 1. The van der Waals surface area contributed by atoms with Crippen LogP contribution in [0.2, 0.25) is 0 Å². The van der Waals surface area contributed by atoms with Gasteiger partial charge in [-0.15, -0.1) is 11.3 Å². The number of carbonyl (C=O) groups excluding carboxylic acids is 1. The molecule has 0 radical (unpaired) electrons. The van der Waals surface area contributed by atoms with E-state index < -0.39 is 12.0 Å². The molecule has 94 valence electrons. The molecule has 0 aliphatic heterocycles. The summed E-state index contributed by atoms with van der Waals surface area (Å²) < 4.78 is 0. The molecule has 17 heavy (non-hydrogen) atoms. The first-order valence-electron chi connectivity index (χ1n) is 5.62. The predicted molar refractivity (Wildman–Crippen MR) is 67.6 cm³/mol. The average Bonchev–Trinajstić information content (AvgIpc) is 2.66. The first-order chi connectivity index (χ1) is 7.99. The van der Waals surface area contributed by atoms with E-state index >= 15 is 0 Å². The Morgan fingerprint density at radius 3 is 2.53 bits per heavy atom. The minimum atomic E-state index is -0.996. The van der Waals surface area contributed by atoms with Crippen LogP contribution in [0.1, 0.15) is 40.4 Å². The molecule has 4 nitrogen and oxygen atoms in total. The quantitative estimate of drug-likeness (QED) is 0.847. The van der Waals surface area contributed by atoms with Gasteiger partial charge in [-0.05, 0) is 31.4 Å². The molecule has 0 unspecified atom stereocenters. The number of carboxylic acids is 1. The standard InChI is InChI=1S/C12H17NO3S/c1-4-8(12(15)16)13-11(14)10-6-7(3)9(5-2)17-10/h6,8H,4-5H2,1-3H3,(H,13,14)(H,15,16)/t8-/m0/s1. The second-order valence-corrected chi connectivity index (χ2v) is 4.98. The van der Waals surface area contributed by atoms with Crippen molar-refractivity contribution in [1.82, 2.24) is 5.32 Å². The lowest BCUT2D eigenvalue weighted by Crippen LogP contribution is -2.39. The summed E-state index contributed by atoms with van der Waals surface area (Å²) in [5.74, 6) is -1.29. The molecule has 0 spiro atoms. The predicted octanol–water partition coefficient (Wildman–Crippen LogP) is 2.21. The van der Waals surface area contributed by atoms with Gasteiger partial charge in [0.25, 0.3) is 5.91 Å². The molecule has 0 aliphatic rings. The monoisotopic (exact) mass is 255 g/mol. The van der Waals surface area contributed by atoms with Gasteiger partial charge in [0, 0.05) is 4.88 Å². The molecule has 1 heterocycles. The van der Waals surface area contributed by atoms with Crippen LogP contribution in [0.5, 0.6) is 0 Å². The van der Waals surface area contributed by atoms with Crippen molar-refractivity contribution in [1.29, 1.82) is 0 Å². The van der Waals surface area contributed by atoms with Crippen LogP contribution in [0.25, 0.3) is 0 Å². The normalized spacial score (nSPS) is 12.2. The average molecular weight is 255 g/mol. The van der Waals surface area contributed by atoms with Gasteiger partial charge in [-0.25, -0.2) is 4.79 Å². The summed E-state index contributed by atoms with van der Waals surface area (Å²) in [7, 11) is 0. The first-order valence-corrected chi connectivity index (χ1v) is 6.44. The number of hydrogen-bond donors (Lipinski definition) is 2. The van der Waals surface area contributed by atoms with E-state index in [1.807, 2.05) is 19.9 Å². The molecule has 1 atom stereocenters. The molecular weight excluding hydrogens is 238 g/mol. The van der Waals surface area contributed by atoms with Crippen LogP contribution in [0.15, 0.2) is 6.07 Å². The molecule has 0 saturated carbocycles. The van der Waals surface area contributed by atoms with Crippen LogP contribution in [-0.2, 0) is 11.2 Å². The summed E-state index contributed by atoms with van der Waals surface area (Å²) in [5, 5.41) is 11.4. The summed E-state index contributed by atoms with van der Waals surface area (Å²) in [6, 6.07) is 1.00. The lowest BCUT2D eigenvalue weighted by atomic mass is 10.2. The van der Waals surface area contributed by atoms with E-state index in [2.05, 4.69) is 5.32 Å². The molecule has 1 amide bonds. The zero-order chi connectivity index (χ0) is 13.0. The summed E-state index contributed by atoms with van der Waals surface area (Å²) in [5.41, 5.74) is 1.09. The summed E-state index contributed by atoms with van der Waals surface area (Å²) in [6.45, 7) is 5.73. The largest absolute Gasteiger partial charge is 0.480 e. The third kappa shape index (κ3) is 3.30. The molecule has 0 fully saturated rings. The maximum Gasteiger partial charge on any atom is 0.326 e. The van der Waals surface area contributed by atoms with Crippen molar-refractivity contribution in [3.05, 3.63) is 21.4 Å². The smallest absolute Gasteiger partial charge is 0.326 e. The molecule has 0 bridgehead atoms. The number of thiophene rings is 1. The maximum absolute atomic E-state index is 11.8. The van der Waals surface area contributed by atoms with E-state index in [0.29, 0.717) is 11.3 Å². The zero-order valence-corrected chi connectivity index (χ0v) is 11.1. The van der Waals surface area contributed by atoms with Gasteiger partial charge in [0.1, 0.15) is 6.04 Å². The number of amides is 1. The molecule has 0 saturated heterocycles. The van der Waals surface area contributed by atoms with Crippen LogP contribution in [0.3, 0.4) is 0 Å². The van der Waals surface area contributed by atoms with Crippen molar-refractivity contribution in [3.63, 3.8) is 0 Å². The van der Waals surface area contributed by atoms with E-state index in [-0.39, 0.29) is 5.91 Å². The number of carbonyl (C=O) groups is 2. The highest BCUT2D eigenvalue weighted by atomic mass is 32.1. The lowest BCUT2D eigenvalue weighted by Gasteiger charge is -2.10. The van der Waals surface area contributed by atoms with Crippen LogP contribution in [0, 0.1) is 6.92 Å². The molecular formula is C12H17NO3S. The van der Waals surface area contributed by atoms with Crippen molar-refractivity contribution in [2.24, 2.45) is 0 Å². The number of hydrogen-bond acceptors (Lipinski definition) is 3. The van der Waals surface area contributed by atoms with E-state index in [1.54, 1.807) is 6.92 Å². The maximum atomic E-state index is 11.8. The van der Waals surface area contributed by atoms with Crippen molar-refractivity contribution in [2.75, 3.05) is 0 Å². The minimum Gasteiger partial charge on any atom is -0.480 e. The SMILES string of the molecule is CCc1sc(C(=O)N[C@@H](CC)C(=O)O)cc1C. The Labute approximate surface area is 105 Å². The van der Waals surface area contributed by atoms with Gasteiger partial charge in [-0.3, -0.25) is 4.79 Å². The topological polar surface area (TPSA) is 66.4 Å². The molecule has 1 aromatic heterocycles. The molecule has 2 N–H and O–H groups in total. The fourth-order valence-electron chi connectivity index (χ4n) is 1.55. The van der Waals surface area contributed by atoms with Gasteiger partial charge >= 0.3 is 5.97 Å². The Morgan fingerprint density at radius 2 is 2.12 bits per heavy atom. The van der Waals surface area contributed by atoms with Gasteiger partial charge in [0.2, 0.25) is 0 Å². The summed E-state index contributed by atoms with van der Waals surface area (Å²) >= 11 is 1.43. The van der Waals surface area contributed by atoms with E-state index in [0.717, 1.165) is 12.0 Å². The van der Waals surface area contributed by atoms with Crippen LogP contribution in [0.4, 0.5) is 0 Å². The zero-order valence-electron chi connectivity index (χ0n) is 10.2. The van der Waals surface area contributed by atoms with Crippen molar-refractivity contribution in [2.45, 2.75) is 39.7 Å². The molecule has 1 aromatic rings. The van der Waals surface area contributed by atoms with E-state index in [9.17, 15) is 9.59 Å². The molecule has 1 rings (SSSR count). The number of rotatable bonds is 5. The van der Waals surface area contributed by atoms with E-state index in [1.165, 1.54) is 16.2 Å². The van der Waals surface area contributed by atoms with Crippen molar-refractivity contribution < 1.29 is 14.7 Å². The van der Waals surface area contributed by atoms with Gasteiger partial charge < -0.3 is 10.4 Å². The van der Waals surface area contributed by atoms with Gasteiger partial charge in [-0.1, -0.05) is 13.8 Å². The third-order valence-corrected chi connectivity index (χ3v) is 3.96. The van der Waals surface area contributed by atoms with Crippen LogP contribution in [-0.4, -0.2) is 23.0 Å². The summed E-state index contributed by atoms with van der Waals surface area (Å²) in [6.07, 6.45) is 1.27. The van der Waals surface area contributed by atoms with E-state index in [4.69, 9.17) is 5.11 Å². The number of carboxylic acid groups (broad SMARTS) is 1. The number of nitrogens with one attached hydrogen (secondary N) is 1. The molecule has 5 heteroatoms. The highest BCUT2D eigenvalue weighted by molar-refractivity contribution is 7.14.